The van der Waals surface area contributed by atoms with Gasteiger partial charge in [-0.25, -0.2) is 0 Å². The summed E-state index contributed by atoms with van der Waals surface area (Å²) in [6.45, 7) is 0. The van der Waals surface area contributed by atoms with Gasteiger partial charge in [0.1, 0.15) is 0 Å². The summed E-state index contributed by atoms with van der Waals surface area (Å²) in [6, 6.07) is 0. The van der Waals surface area contributed by atoms with E-state index in [0.29, 0.717) is 0 Å². The average Bonchev–Trinajstić information content (AvgIpc) is 1.39. The van der Waals surface area contributed by atoms with Crippen LogP contribution in [0.5, 0.6) is 0 Å². The van der Waals surface area contributed by atoms with Gasteiger partial charge in [-0.3, -0.25) is 0 Å². The Morgan fingerprint density at radius 2 is 1.12 bits per heavy atom. The van der Waals surface area contributed by atoms with Crippen molar-refractivity contribution in [1.29, 1.82) is 0 Å². The third kappa shape index (κ3) is 1630. The van der Waals surface area contributed by atoms with Gasteiger partial charge in [0.2, 0.25) is 0 Å². The van der Waals surface area contributed by atoms with E-state index in [-0.39, 0.29) is 48.3 Å². The van der Waals surface area contributed by atoms with Gasteiger partial charge in [-0.05, 0) is 0 Å². The van der Waals surface area contributed by atoms with E-state index in [1.54, 1.807) is 0 Å². The molecule has 0 bridgehead atoms. The quantitative estimate of drug-likeness (QED) is 0.216. The van der Waals surface area contributed by atoms with E-state index >= 15 is 0 Å². The Bertz CT molecular complexity index is 39.5. The van der Waals surface area contributed by atoms with Crippen molar-refractivity contribution in [3.8, 4) is 0 Å². The van der Waals surface area contributed by atoms with E-state index in [9.17, 15) is 0 Å². The van der Waals surface area contributed by atoms with Crippen LogP contribution in [0.25, 0.3) is 0 Å². The monoisotopic (exact) mass is 145 g/mol. The number of nitrogens with zero attached hydrogens (tertiary/aromatic N) is 2. The van der Waals surface area contributed by atoms with Gasteiger partial charge in [-0.1, -0.05) is 0 Å². The first-order valence-electron chi connectivity index (χ1n) is 0.765. The van der Waals surface area contributed by atoms with Gasteiger partial charge in [0.25, 0.3) is 0 Å². The first kappa shape index (κ1) is 23.9. The van der Waals surface area contributed by atoms with Crippen LogP contribution in [0.1, 0.15) is 1.43 Å². The maximum Gasteiger partial charge on any atom is 1.00 e. The second-order valence-electron chi connectivity index (χ2n) is 0.163. The molecule has 0 aliphatic heterocycles. The molecule has 41 valence electrons. The molecule has 2 N–H and O–H groups in total. The SMILES string of the molecule is O=NO.O=NO.[Al].[H-].[Na+]. The summed E-state index contributed by atoms with van der Waals surface area (Å²) in [5.74, 6) is 0. The summed E-state index contributed by atoms with van der Waals surface area (Å²) in [4.78, 5) is 16.2. The Morgan fingerprint density at radius 1 is 1.12 bits per heavy atom. The van der Waals surface area contributed by atoms with Crippen LogP contribution in [0.4, 0.5) is 0 Å². The van der Waals surface area contributed by atoms with Crippen LogP contribution in [0.2, 0.25) is 0 Å². The van der Waals surface area contributed by atoms with Gasteiger partial charge in [-0.15, -0.1) is 9.81 Å². The van der Waals surface area contributed by atoms with E-state index in [4.69, 9.17) is 20.2 Å². The Balaban J connectivity index is -0.00000000889. The molecule has 0 amide bonds. The van der Waals surface area contributed by atoms with Crippen molar-refractivity contribution in [2.75, 3.05) is 0 Å². The minimum absolute atomic E-state index is 0. The summed E-state index contributed by atoms with van der Waals surface area (Å²) in [5.41, 5.74) is 0. The van der Waals surface area contributed by atoms with Crippen LogP contribution in [-0.2, 0) is 0 Å². The Labute approximate surface area is 79.0 Å². The van der Waals surface area contributed by atoms with E-state index in [1.165, 1.54) is 10.7 Å². The van der Waals surface area contributed by atoms with Crippen molar-refractivity contribution >= 4 is 17.4 Å². The standard InChI is InChI=1S/Al.2HNO2.Na.H/c;2*2-1-3;;/h;2*(H,2,3);;/q;;;+1;-1. The minimum atomic E-state index is 0. The van der Waals surface area contributed by atoms with Crippen LogP contribution in [0, 0.1) is 9.81 Å². The van der Waals surface area contributed by atoms with Crippen molar-refractivity contribution in [3.63, 3.8) is 0 Å². The molecule has 0 aromatic rings. The van der Waals surface area contributed by atoms with Crippen LogP contribution in [-0.4, -0.2) is 27.8 Å². The van der Waals surface area contributed by atoms with Crippen molar-refractivity contribution in [3.05, 3.63) is 9.81 Å². The minimum Gasteiger partial charge on any atom is -1.00 e. The topological polar surface area (TPSA) is 99.3 Å². The van der Waals surface area contributed by atoms with Crippen LogP contribution in [0.3, 0.4) is 0 Å². The summed E-state index contributed by atoms with van der Waals surface area (Å²) in [6.07, 6.45) is 0. The van der Waals surface area contributed by atoms with E-state index in [2.05, 4.69) is 0 Å². The van der Waals surface area contributed by atoms with Crippen molar-refractivity contribution < 1.29 is 41.4 Å². The smallest absolute Gasteiger partial charge is 1.00 e. The maximum atomic E-state index is 8.11. The summed E-state index contributed by atoms with van der Waals surface area (Å²) in [7, 11) is 0. The molecular weight excluding hydrogens is 142 g/mol. The molecule has 8 heteroatoms. The Hall–Kier alpha value is 0.332. The van der Waals surface area contributed by atoms with Crippen molar-refractivity contribution in [2.24, 2.45) is 10.7 Å². The predicted octanol–water partition coefficient (Wildman–Crippen LogP) is -2.98. The zero-order valence-electron chi connectivity index (χ0n) is 5.18. The Kier molecular flexibility index (Phi) is 161. The molecule has 0 rings (SSSR count). The number of rotatable bonds is 0. The summed E-state index contributed by atoms with van der Waals surface area (Å²) < 4.78 is 0. The van der Waals surface area contributed by atoms with E-state index in [1.807, 2.05) is 0 Å². The molecule has 0 spiro atoms. The third-order valence-corrected chi connectivity index (χ3v) is 0. The van der Waals surface area contributed by atoms with Crippen LogP contribution in [0.15, 0.2) is 10.7 Å². The van der Waals surface area contributed by atoms with Crippen molar-refractivity contribution in [2.45, 2.75) is 0 Å². The van der Waals surface area contributed by atoms with E-state index in [0.717, 1.165) is 0 Å². The van der Waals surface area contributed by atoms with Gasteiger partial charge < -0.3 is 11.8 Å². The number of hydrogen-bond donors (Lipinski definition) is 2. The van der Waals surface area contributed by atoms with Gasteiger partial charge in [-0.2, -0.15) is 0 Å². The molecule has 0 atom stereocenters. The van der Waals surface area contributed by atoms with Gasteiger partial charge >= 0.3 is 29.6 Å². The first-order valence-corrected chi connectivity index (χ1v) is 0.765. The third-order valence-electron chi connectivity index (χ3n) is 0. The Morgan fingerprint density at radius 3 is 1.12 bits per heavy atom. The fourth-order valence-electron chi connectivity index (χ4n) is 0. The fraction of sp³-hybridized carbons (Fsp3) is 0. The molecule has 0 aromatic heterocycles. The van der Waals surface area contributed by atoms with Crippen LogP contribution >= 0.6 is 0 Å². The second-order valence-corrected chi connectivity index (χ2v) is 0.163. The van der Waals surface area contributed by atoms with Gasteiger partial charge in [0.05, 0.1) is 0 Å². The molecule has 6 nitrogen and oxygen atoms in total. The molecule has 0 aliphatic carbocycles. The summed E-state index contributed by atoms with van der Waals surface area (Å²) in [5, 5.41) is 15.8. The van der Waals surface area contributed by atoms with Gasteiger partial charge in [0.15, 0.2) is 10.7 Å². The normalized spacial score (nSPS) is 3.00. The summed E-state index contributed by atoms with van der Waals surface area (Å²) >= 11 is 0. The average molecular weight is 145 g/mol. The van der Waals surface area contributed by atoms with Crippen molar-refractivity contribution in [1.82, 2.24) is 0 Å². The second kappa shape index (κ2) is 54.0. The van der Waals surface area contributed by atoms with Crippen LogP contribution < -0.4 is 29.6 Å². The fourth-order valence-corrected chi connectivity index (χ4v) is 0. The molecule has 0 saturated carbocycles. The molecule has 0 aromatic carbocycles. The largest absolute Gasteiger partial charge is 1.00 e. The first-order chi connectivity index (χ1) is 2.83. The molecule has 0 unspecified atom stereocenters. The maximum absolute atomic E-state index is 8.11. The molecule has 8 heavy (non-hydrogen) atoms. The molecule has 3 radical (unpaired) electrons. The predicted molar refractivity (Wildman–Crippen MR) is 22.0 cm³/mol. The molecular formula is H3AlN2NaO4. The molecule has 0 saturated heterocycles. The van der Waals surface area contributed by atoms with E-state index < -0.39 is 0 Å². The number of hydrogen-bond acceptors (Lipinski definition) is 4. The molecule has 0 heterocycles. The molecule has 0 aliphatic rings. The zero-order chi connectivity index (χ0) is 5.41. The molecule has 0 fully saturated rings. The van der Waals surface area contributed by atoms with Gasteiger partial charge in [0, 0.05) is 17.4 Å². The zero-order valence-corrected chi connectivity index (χ0v) is 7.34.